The first kappa shape index (κ1) is 28.1. The van der Waals surface area contributed by atoms with E-state index in [1.54, 1.807) is 28.6 Å². The zero-order valence-corrected chi connectivity index (χ0v) is 22.2. The summed E-state index contributed by atoms with van der Waals surface area (Å²) in [5.74, 6) is 0. The van der Waals surface area contributed by atoms with Gasteiger partial charge in [-0.3, -0.25) is 0 Å². The predicted octanol–water partition coefficient (Wildman–Crippen LogP) is 6.04. The molecule has 0 aliphatic carbocycles. The van der Waals surface area contributed by atoms with E-state index in [4.69, 9.17) is 9.47 Å². The van der Waals surface area contributed by atoms with Crippen molar-refractivity contribution in [2.24, 2.45) is 0 Å². The molecule has 0 aliphatic heterocycles. The Morgan fingerprint density at radius 1 is 0.839 bits per heavy atom. The molecule has 1 atom stereocenters. The third kappa shape index (κ3) is 7.85. The van der Waals surface area contributed by atoms with Crippen LogP contribution < -0.4 is 0 Å². The highest BCUT2D eigenvalue weighted by Crippen LogP contribution is 2.38. The molecule has 0 bridgehead atoms. The lowest BCUT2D eigenvalue weighted by molar-refractivity contribution is -0.0821. The van der Waals surface area contributed by atoms with E-state index in [0.717, 1.165) is 6.42 Å². The molecule has 0 radical (unpaired) electrons. The molecule has 0 amide bonds. The average molecular weight is 456 g/mol. The zero-order valence-electron chi connectivity index (χ0n) is 21.4. The molecule has 5 nitrogen and oxygen atoms in total. The van der Waals surface area contributed by atoms with Crippen LogP contribution in [0.1, 0.15) is 88.5 Å². The van der Waals surface area contributed by atoms with Gasteiger partial charge in [0.2, 0.25) is 10.0 Å². The summed E-state index contributed by atoms with van der Waals surface area (Å²) in [6, 6.07) is 8.69. The maximum Gasteiger partial charge on any atom is 0.244 e. The van der Waals surface area contributed by atoms with Crippen LogP contribution in [0.4, 0.5) is 0 Å². The first-order valence-corrected chi connectivity index (χ1v) is 12.8. The molecule has 1 aromatic carbocycles. The summed E-state index contributed by atoms with van der Waals surface area (Å²) >= 11 is 0. The van der Waals surface area contributed by atoms with Crippen molar-refractivity contribution in [3.8, 4) is 0 Å². The summed E-state index contributed by atoms with van der Waals surface area (Å²) in [6.07, 6.45) is 2.05. The molecule has 31 heavy (non-hydrogen) atoms. The molecule has 0 spiro atoms. The minimum Gasteiger partial charge on any atom is -0.376 e. The highest BCUT2D eigenvalue weighted by molar-refractivity contribution is 7.89. The number of benzene rings is 1. The fourth-order valence-corrected chi connectivity index (χ4v) is 5.73. The van der Waals surface area contributed by atoms with E-state index in [0.29, 0.717) is 31.0 Å². The Bertz CT molecular complexity index is 781. The van der Waals surface area contributed by atoms with Gasteiger partial charge in [-0.25, -0.2) is 8.42 Å². The van der Waals surface area contributed by atoms with Crippen molar-refractivity contribution >= 4 is 10.0 Å². The summed E-state index contributed by atoms with van der Waals surface area (Å²) in [7, 11) is -3.77. The Labute approximate surface area is 191 Å². The van der Waals surface area contributed by atoms with Gasteiger partial charge in [-0.05, 0) is 86.8 Å². The number of sulfonamides is 1. The van der Waals surface area contributed by atoms with Crippen molar-refractivity contribution in [1.82, 2.24) is 4.31 Å². The normalized spacial score (nSPS) is 15.8. The average Bonchev–Trinajstić information content (AvgIpc) is 2.65. The molecule has 0 aromatic heterocycles. The van der Waals surface area contributed by atoms with E-state index in [9.17, 15) is 8.42 Å². The van der Waals surface area contributed by atoms with Crippen molar-refractivity contribution in [3.05, 3.63) is 30.3 Å². The van der Waals surface area contributed by atoms with Gasteiger partial charge < -0.3 is 9.47 Å². The van der Waals surface area contributed by atoms with Crippen LogP contribution in [0.25, 0.3) is 0 Å². The second kappa shape index (κ2) is 10.3. The molecule has 0 heterocycles. The van der Waals surface area contributed by atoms with Crippen molar-refractivity contribution in [2.75, 3.05) is 13.2 Å². The highest BCUT2D eigenvalue weighted by Gasteiger charge is 2.48. The molecular weight excluding hydrogens is 410 g/mol. The molecule has 1 aromatic rings. The quantitative estimate of drug-likeness (QED) is 0.386. The summed E-state index contributed by atoms with van der Waals surface area (Å²) < 4.78 is 41.8. The van der Waals surface area contributed by atoms with Crippen LogP contribution in [-0.2, 0) is 19.5 Å². The molecular formula is C25H45NO4S. The van der Waals surface area contributed by atoms with E-state index >= 15 is 0 Å². The summed E-state index contributed by atoms with van der Waals surface area (Å²) in [6.45, 7) is 21.0. The molecule has 6 heteroatoms. The van der Waals surface area contributed by atoms with Crippen LogP contribution in [0.2, 0.25) is 0 Å². The summed E-state index contributed by atoms with van der Waals surface area (Å²) in [5.41, 5.74) is -1.99. The van der Waals surface area contributed by atoms with E-state index in [1.165, 1.54) is 0 Å². The van der Waals surface area contributed by atoms with Crippen molar-refractivity contribution in [3.63, 3.8) is 0 Å². The summed E-state index contributed by atoms with van der Waals surface area (Å²) in [4.78, 5) is 0.300. The van der Waals surface area contributed by atoms with Crippen molar-refractivity contribution in [1.29, 1.82) is 0 Å². The Balaban J connectivity index is 3.44. The van der Waals surface area contributed by atoms with Gasteiger partial charge in [-0.2, -0.15) is 4.31 Å². The lowest BCUT2D eigenvalue weighted by atomic mass is 9.91. The number of nitrogens with zero attached hydrogens (tertiary/aromatic N) is 1. The minimum atomic E-state index is -3.77. The lowest BCUT2D eigenvalue weighted by Gasteiger charge is -2.49. The van der Waals surface area contributed by atoms with Gasteiger partial charge in [0.15, 0.2) is 0 Å². The van der Waals surface area contributed by atoms with Gasteiger partial charge in [0.25, 0.3) is 0 Å². The number of hydrogen-bond donors (Lipinski definition) is 0. The Kier molecular flexibility index (Phi) is 9.35. The fraction of sp³-hybridized carbons (Fsp3) is 0.760. The monoisotopic (exact) mass is 455 g/mol. The first-order valence-electron chi connectivity index (χ1n) is 11.4. The molecule has 0 saturated heterocycles. The van der Waals surface area contributed by atoms with Crippen LogP contribution >= 0.6 is 0 Å². The topological polar surface area (TPSA) is 55.8 Å². The van der Waals surface area contributed by atoms with Gasteiger partial charge >= 0.3 is 0 Å². The van der Waals surface area contributed by atoms with Gasteiger partial charge in [-0.15, -0.1) is 0 Å². The van der Waals surface area contributed by atoms with Gasteiger partial charge in [-0.1, -0.05) is 32.0 Å². The largest absolute Gasteiger partial charge is 0.376 e. The van der Waals surface area contributed by atoms with E-state index in [-0.39, 0.29) is 11.2 Å². The number of hydrogen-bond acceptors (Lipinski definition) is 4. The SMILES string of the molecule is CCC(C)(C)OCC(C)(CC)N(C(C)(C)CCOC(C)(C)C)S(=O)(=O)c1ccccc1. The smallest absolute Gasteiger partial charge is 0.244 e. The Morgan fingerprint density at radius 3 is 1.84 bits per heavy atom. The lowest BCUT2D eigenvalue weighted by Crippen LogP contribution is -2.62. The minimum absolute atomic E-state index is 0.276. The van der Waals surface area contributed by atoms with E-state index < -0.39 is 21.1 Å². The molecule has 0 fully saturated rings. The number of ether oxygens (including phenoxy) is 2. The molecule has 0 N–H and O–H groups in total. The van der Waals surface area contributed by atoms with Gasteiger partial charge in [0.05, 0.1) is 28.2 Å². The molecule has 180 valence electrons. The third-order valence-electron chi connectivity index (χ3n) is 5.96. The van der Waals surface area contributed by atoms with Crippen LogP contribution in [0.3, 0.4) is 0 Å². The summed E-state index contributed by atoms with van der Waals surface area (Å²) in [5, 5.41) is 0. The highest BCUT2D eigenvalue weighted by atomic mass is 32.2. The van der Waals surface area contributed by atoms with Crippen LogP contribution in [-0.4, -0.2) is 48.2 Å². The van der Waals surface area contributed by atoms with Gasteiger partial charge in [0, 0.05) is 12.1 Å². The standard InChI is InChI=1S/C25H45NO4S/c1-11-24(8,9)30-20-25(10,12-2)26(23(6,7)18-19-29-22(3,4)5)31(27,28)21-16-14-13-15-17-21/h13-17H,11-12,18-20H2,1-10H3. The van der Waals surface area contributed by atoms with Crippen LogP contribution in [0, 0.1) is 0 Å². The van der Waals surface area contributed by atoms with E-state index in [2.05, 4.69) is 6.92 Å². The van der Waals surface area contributed by atoms with Crippen LogP contribution in [0.5, 0.6) is 0 Å². The first-order chi connectivity index (χ1) is 14.0. The third-order valence-corrected chi connectivity index (χ3v) is 8.24. The molecule has 1 rings (SSSR count). The molecule has 0 aliphatic rings. The Hall–Kier alpha value is -0.950. The fourth-order valence-electron chi connectivity index (χ4n) is 3.51. The zero-order chi connectivity index (χ0) is 24.1. The molecule has 1 unspecified atom stereocenters. The Morgan fingerprint density at radius 2 is 1.39 bits per heavy atom. The second-order valence-corrected chi connectivity index (χ2v) is 12.6. The molecule has 0 saturated carbocycles. The van der Waals surface area contributed by atoms with Crippen molar-refractivity contribution < 1.29 is 17.9 Å². The maximum absolute atomic E-state index is 14.0. The maximum atomic E-state index is 14.0. The second-order valence-electron chi connectivity index (χ2n) is 10.9. The van der Waals surface area contributed by atoms with E-state index in [1.807, 2.05) is 68.4 Å². The van der Waals surface area contributed by atoms with Gasteiger partial charge in [0.1, 0.15) is 0 Å². The van der Waals surface area contributed by atoms with Crippen molar-refractivity contribution in [2.45, 2.75) is 116 Å². The predicted molar refractivity (Wildman–Crippen MR) is 129 cm³/mol. The van der Waals surface area contributed by atoms with Crippen LogP contribution in [0.15, 0.2) is 35.2 Å². The number of rotatable bonds is 12.